The van der Waals surface area contributed by atoms with Gasteiger partial charge in [0.1, 0.15) is 5.69 Å². The van der Waals surface area contributed by atoms with Gasteiger partial charge in [-0.15, -0.1) is 0 Å². The second kappa shape index (κ2) is 8.09. The number of aromatic nitrogens is 3. The van der Waals surface area contributed by atoms with Gasteiger partial charge in [-0.3, -0.25) is 14.4 Å². The normalized spacial score (nSPS) is 11.7. The van der Waals surface area contributed by atoms with E-state index in [1.807, 2.05) is 0 Å². The number of pyridine rings is 1. The summed E-state index contributed by atoms with van der Waals surface area (Å²) in [4.78, 5) is 40.3. The van der Waals surface area contributed by atoms with Gasteiger partial charge in [-0.1, -0.05) is 6.07 Å². The second-order valence-corrected chi connectivity index (χ2v) is 5.74. The molecule has 3 aromatic heterocycles. The highest BCUT2D eigenvalue weighted by molar-refractivity contribution is 6.37. The molecule has 0 saturated heterocycles. The summed E-state index contributed by atoms with van der Waals surface area (Å²) in [6.45, 7) is 0. The molecule has 0 saturated carbocycles. The summed E-state index contributed by atoms with van der Waals surface area (Å²) >= 11 is 0. The molecule has 0 fully saturated rings. The number of nitrogens with one attached hydrogen (secondary N) is 1. The van der Waals surface area contributed by atoms with Crippen molar-refractivity contribution in [1.29, 1.82) is 0 Å². The Bertz CT molecular complexity index is 934. The predicted octanol–water partition coefficient (Wildman–Crippen LogP) is 0.646. The Morgan fingerprint density at radius 2 is 2.04 bits per heavy atom. The molecule has 1 atom stereocenters. The number of rotatable bonds is 8. The first kappa shape index (κ1) is 18.1. The van der Waals surface area contributed by atoms with Crippen LogP contribution in [0.2, 0.25) is 0 Å². The summed E-state index contributed by atoms with van der Waals surface area (Å²) in [7, 11) is 0. The van der Waals surface area contributed by atoms with E-state index in [-0.39, 0.29) is 12.1 Å². The smallest absolute Gasteiger partial charge is 0.287 e. The molecule has 0 bridgehead atoms. The van der Waals surface area contributed by atoms with Crippen molar-refractivity contribution in [3.8, 4) is 5.82 Å². The first-order valence-electron chi connectivity index (χ1n) is 8.17. The minimum Gasteiger partial charge on any atom is -0.472 e. The number of primary amides is 1. The predicted molar refractivity (Wildman–Crippen MR) is 93.8 cm³/mol. The van der Waals surface area contributed by atoms with E-state index < -0.39 is 23.6 Å². The molecule has 3 N–H and O–H groups in total. The third-order valence-corrected chi connectivity index (χ3v) is 3.91. The van der Waals surface area contributed by atoms with Gasteiger partial charge in [0.15, 0.2) is 5.82 Å². The van der Waals surface area contributed by atoms with E-state index in [1.165, 1.54) is 29.5 Å². The fourth-order valence-corrected chi connectivity index (χ4v) is 2.56. The van der Waals surface area contributed by atoms with Crippen LogP contribution in [0.4, 0.5) is 0 Å². The Hall–Kier alpha value is -3.75. The Labute approximate surface area is 154 Å². The van der Waals surface area contributed by atoms with Crippen molar-refractivity contribution in [1.82, 2.24) is 20.1 Å². The fraction of sp³-hybridized carbons (Fsp3) is 0.167. The lowest BCUT2D eigenvalue weighted by Crippen LogP contribution is -2.46. The highest BCUT2D eigenvalue weighted by Gasteiger charge is 2.26. The van der Waals surface area contributed by atoms with Crippen molar-refractivity contribution in [3.05, 3.63) is 66.5 Å². The number of ketones is 1. The van der Waals surface area contributed by atoms with Gasteiger partial charge >= 0.3 is 0 Å². The highest BCUT2D eigenvalue weighted by atomic mass is 16.3. The molecule has 0 aliphatic rings. The molecule has 2 amide bonds. The molecule has 0 spiro atoms. The Morgan fingerprint density at radius 1 is 1.19 bits per heavy atom. The zero-order chi connectivity index (χ0) is 19.2. The topological polar surface area (TPSA) is 133 Å². The fourth-order valence-electron chi connectivity index (χ4n) is 2.56. The molecular formula is C18H17N5O4. The molecule has 27 heavy (non-hydrogen) atoms. The lowest BCUT2D eigenvalue weighted by atomic mass is 10.0. The molecule has 0 radical (unpaired) electrons. The van der Waals surface area contributed by atoms with Crippen LogP contribution in [0.3, 0.4) is 0 Å². The van der Waals surface area contributed by atoms with Crippen LogP contribution in [0.1, 0.15) is 22.5 Å². The number of nitrogens with zero attached hydrogens (tertiary/aromatic N) is 3. The number of hydrogen-bond acceptors (Lipinski definition) is 6. The summed E-state index contributed by atoms with van der Waals surface area (Å²) in [6.07, 6.45) is 6.68. The van der Waals surface area contributed by atoms with E-state index >= 15 is 0 Å². The third kappa shape index (κ3) is 4.27. The van der Waals surface area contributed by atoms with E-state index in [4.69, 9.17) is 10.2 Å². The summed E-state index contributed by atoms with van der Waals surface area (Å²) in [6, 6.07) is 7.36. The number of Topliss-reactive ketones (excluding diaryl/α,β-unsaturated/α-hetero) is 1. The van der Waals surface area contributed by atoms with E-state index in [9.17, 15) is 14.4 Å². The molecule has 138 valence electrons. The standard InChI is InChI=1S/C18H17N5O4/c19-17(25)16(24)13(5-4-12-7-10-27-11-12)22-18(26)14-6-9-21-23(14)15-3-1-2-8-20-15/h1-3,6-11,13H,4-5H2,(H2,19,25)(H,22,26). The van der Waals surface area contributed by atoms with Crippen LogP contribution in [0.25, 0.3) is 5.82 Å². The van der Waals surface area contributed by atoms with Crippen molar-refractivity contribution in [3.63, 3.8) is 0 Å². The maximum atomic E-state index is 12.7. The largest absolute Gasteiger partial charge is 0.472 e. The van der Waals surface area contributed by atoms with Crippen LogP contribution in [0.15, 0.2) is 59.7 Å². The Morgan fingerprint density at radius 3 is 2.70 bits per heavy atom. The summed E-state index contributed by atoms with van der Waals surface area (Å²) in [5.41, 5.74) is 6.13. The molecule has 3 rings (SSSR count). The zero-order valence-electron chi connectivity index (χ0n) is 14.2. The van der Waals surface area contributed by atoms with Crippen molar-refractivity contribution in [2.24, 2.45) is 5.73 Å². The number of aryl methyl sites for hydroxylation is 1. The molecule has 3 aromatic rings. The second-order valence-electron chi connectivity index (χ2n) is 5.74. The number of amides is 2. The van der Waals surface area contributed by atoms with E-state index in [0.29, 0.717) is 12.2 Å². The van der Waals surface area contributed by atoms with Gasteiger partial charge in [0, 0.05) is 6.20 Å². The average Bonchev–Trinajstić information content (AvgIpc) is 3.36. The molecule has 1 unspecified atom stereocenters. The van der Waals surface area contributed by atoms with Crippen molar-refractivity contribution < 1.29 is 18.8 Å². The molecule has 9 heteroatoms. The Balaban J connectivity index is 1.77. The van der Waals surface area contributed by atoms with Crippen molar-refractivity contribution in [2.75, 3.05) is 0 Å². The Kier molecular flexibility index (Phi) is 5.41. The summed E-state index contributed by atoms with van der Waals surface area (Å²) in [5, 5.41) is 6.65. The van der Waals surface area contributed by atoms with Crippen LogP contribution in [0, 0.1) is 0 Å². The summed E-state index contributed by atoms with van der Waals surface area (Å²) < 4.78 is 6.32. The van der Waals surface area contributed by atoms with E-state index in [1.54, 1.807) is 30.5 Å². The molecule has 0 aromatic carbocycles. The number of nitrogens with two attached hydrogens (primary N) is 1. The van der Waals surface area contributed by atoms with Gasteiger partial charge in [0.25, 0.3) is 11.8 Å². The number of hydrogen-bond donors (Lipinski definition) is 2. The van der Waals surface area contributed by atoms with Gasteiger partial charge < -0.3 is 15.5 Å². The minimum atomic E-state index is -1.11. The molecule has 0 aliphatic heterocycles. The van der Waals surface area contributed by atoms with Crippen LogP contribution in [-0.2, 0) is 16.0 Å². The first-order valence-corrected chi connectivity index (χ1v) is 8.17. The van der Waals surface area contributed by atoms with Crippen LogP contribution in [0.5, 0.6) is 0 Å². The third-order valence-electron chi connectivity index (χ3n) is 3.91. The van der Waals surface area contributed by atoms with Gasteiger partial charge in [-0.05, 0) is 42.7 Å². The highest BCUT2D eigenvalue weighted by Crippen LogP contribution is 2.10. The molecule has 9 nitrogen and oxygen atoms in total. The quantitative estimate of drug-likeness (QED) is 0.562. The molecule has 3 heterocycles. The maximum absolute atomic E-state index is 12.7. The van der Waals surface area contributed by atoms with Gasteiger partial charge in [0.2, 0.25) is 5.78 Å². The average molecular weight is 367 g/mol. The lowest BCUT2D eigenvalue weighted by Gasteiger charge is -2.16. The lowest BCUT2D eigenvalue weighted by molar-refractivity contribution is -0.137. The number of carbonyl (C=O) groups excluding carboxylic acids is 3. The molecular weight excluding hydrogens is 350 g/mol. The maximum Gasteiger partial charge on any atom is 0.287 e. The van der Waals surface area contributed by atoms with Crippen LogP contribution in [-0.4, -0.2) is 38.4 Å². The van der Waals surface area contributed by atoms with Gasteiger partial charge in [-0.2, -0.15) is 5.10 Å². The minimum absolute atomic E-state index is 0.180. The monoisotopic (exact) mass is 367 g/mol. The van der Waals surface area contributed by atoms with Crippen molar-refractivity contribution >= 4 is 17.6 Å². The summed E-state index contributed by atoms with van der Waals surface area (Å²) in [5.74, 6) is -2.09. The zero-order valence-corrected chi connectivity index (χ0v) is 14.2. The van der Waals surface area contributed by atoms with Crippen molar-refractivity contribution in [2.45, 2.75) is 18.9 Å². The molecule has 0 aliphatic carbocycles. The van der Waals surface area contributed by atoms with Crippen LogP contribution < -0.4 is 11.1 Å². The number of furan rings is 1. The van der Waals surface area contributed by atoms with E-state index in [2.05, 4.69) is 15.4 Å². The number of carbonyl (C=O) groups is 3. The van der Waals surface area contributed by atoms with E-state index in [0.717, 1.165) is 5.56 Å². The first-order chi connectivity index (χ1) is 13.1. The SMILES string of the molecule is NC(=O)C(=O)C(CCc1ccoc1)NC(=O)c1ccnn1-c1ccccn1. The van der Waals surface area contributed by atoms with Gasteiger partial charge in [-0.25, -0.2) is 9.67 Å². The van der Waals surface area contributed by atoms with Gasteiger partial charge in [0.05, 0.1) is 24.8 Å². The van der Waals surface area contributed by atoms with Crippen LogP contribution >= 0.6 is 0 Å².